The van der Waals surface area contributed by atoms with Crippen molar-refractivity contribution in [2.75, 3.05) is 44.2 Å². The van der Waals surface area contributed by atoms with Crippen molar-refractivity contribution in [3.8, 4) is 0 Å². The highest BCUT2D eigenvalue weighted by Gasteiger charge is 2.57. The van der Waals surface area contributed by atoms with Crippen LogP contribution in [0.5, 0.6) is 0 Å². The number of fused-ring (bicyclic) bond motifs is 2. The molecule has 29 heavy (non-hydrogen) atoms. The fraction of sp³-hybridized carbons (Fsp3) is 0.727. The third-order valence-electron chi connectivity index (χ3n) is 7.63. The van der Waals surface area contributed by atoms with E-state index in [0.717, 1.165) is 77.2 Å². The number of carbonyl (C=O) groups is 2. The highest BCUT2D eigenvalue weighted by atomic mass is 16.2. The molecule has 1 aromatic rings. The summed E-state index contributed by atoms with van der Waals surface area (Å²) >= 11 is 0. The molecule has 1 aromatic heterocycles. The minimum absolute atomic E-state index is 0.0169. The topological polar surface area (TPSA) is 69.6 Å². The van der Waals surface area contributed by atoms with Crippen LogP contribution in [0, 0.1) is 23.7 Å². The van der Waals surface area contributed by atoms with Crippen molar-refractivity contribution in [3.63, 3.8) is 0 Å². The first-order valence-electron chi connectivity index (χ1n) is 11.3. The number of imide groups is 1. The number of unbranched alkanes of at least 4 members (excludes halogenated alkanes) is 1. The lowest BCUT2D eigenvalue weighted by Gasteiger charge is -2.42. The van der Waals surface area contributed by atoms with E-state index in [1.54, 1.807) is 17.3 Å². The summed E-state index contributed by atoms with van der Waals surface area (Å²) in [5.74, 6) is 2.07. The van der Waals surface area contributed by atoms with Crippen LogP contribution >= 0.6 is 0 Å². The number of hydrogen-bond donors (Lipinski definition) is 0. The fourth-order valence-corrected chi connectivity index (χ4v) is 6.08. The highest BCUT2D eigenvalue weighted by molar-refractivity contribution is 6.05. The second-order valence-electron chi connectivity index (χ2n) is 9.14. The number of anilines is 1. The van der Waals surface area contributed by atoms with Gasteiger partial charge in [0.1, 0.15) is 0 Å². The Morgan fingerprint density at radius 3 is 1.93 bits per heavy atom. The minimum atomic E-state index is 0.0169. The van der Waals surface area contributed by atoms with E-state index in [9.17, 15) is 9.59 Å². The number of rotatable bonds is 6. The van der Waals surface area contributed by atoms with E-state index in [1.165, 1.54) is 0 Å². The van der Waals surface area contributed by atoms with Gasteiger partial charge in [-0.3, -0.25) is 19.4 Å². The Labute approximate surface area is 172 Å². The van der Waals surface area contributed by atoms with Crippen LogP contribution in [0.4, 0.5) is 5.95 Å². The summed E-state index contributed by atoms with van der Waals surface area (Å²) in [6.45, 7) is 5.54. The van der Waals surface area contributed by atoms with E-state index in [4.69, 9.17) is 0 Å². The summed E-state index contributed by atoms with van der Waals surface area (Å²) in [5.41, 5.74) is 0. The first-order chi connectivity index (χ1) is 14.2. The van der Waals surface area contributed by atoms with Crippen molar-refractivity contribution in [1.29, 1.82) is 0 Å². The largest absolute Gasteiger partial charge is 0.338 e. The third kappa shape index (κ3) is 3.54. The van der Waals surface area contributed by atoms with E-state index in [-0.39, 0.29) is 23.7 Å². The zero-order valence-corrected chi connectivity index (χ0v) is 17.1. The van der Waals surface area contributed by atoms with Crippen LogP contribution in [-0.2, 0) is 9.59 Å². The van der Waals surface area contributed by atoms with Crippen LogP contribution in [-0.4, -0.2) is 70.9 Å². The number of aromatic nitrogens is 2. The van der Waals surface area contributed by atoms with Crippen LogP contribution < -0.4 is 4.90 Å². The Kier molecular flexibility index (Phi) is 5.24. The smallest absolute Gasteiger partial charge is 0.233 e. The molecule has 156 valence electrons. The summed E-state index contributed by atoms with van der Waals surface area (Å²) in [6, 6.07) is 1.84. The Morgan fingerprint density at radius 1 is 0.793 bits per heavy atom. The summed E-state index contributed by atoms with van der Waals surface area (Å²) in [6.07, 6.45) is 10.1. The molecule has 2 aliphatic heterocycles. The quantitative estimate of drug-likeness (QED) is 0.539. The van der Waals surface area contributed by atoms with Crippen LogP contribution in [0.15, 0.2) is 18.5 Å². The number of nitrogens with zero attached hydrogens (tertiary/aromatic N) is 5. The first-order valence-corrected chi connectivity index (χ1v) is 11.3. The maximum atomic E-state index is 12.9. The molecule has 5 fully saturated rings. The Hall–Kier alpha value is -2.02. The summed E-state index contributed by atoms with van der Waals surface area (Å²) in [7, 11) is 0. The van der Waals surface area contributed by atoms with Crippen molar-refractivity contribution >= 4 is 17.8 Å². The molecule has 0 aromatic carbocycles. The number of amides is 2. The zero-order chi connectivity index (χ0) is 19.8. The molecule has 2 bridgehead atoms. The molecule has 0 spiro atoms. The number of piperazine rings is 1. The van der Waals surface area contributed by atoms with Gasteiger partial charge >= 0.3 is 0 Å². The lowest BCUT2D eigenvalue weighted by Crippen LogP contribution is -2.47. The second-order valence-corrected chi connectivity index (χ2v) is 9.14. The molecule has 2 atom stereocenters. The predicted octanol–water partition coefficient (Wildman–Crippen LogP) is 1.80. The van der Waals surface area contributed by atoms with Gasteiger partial charge in [0, 0.05) is 45.1 Å². The van der Waals surface area contributed by atoms with Gasteiger partial charge in [-0.05, 0) is 63.0 Å². The van der Waals surface area contributed by atoms with Gasteiger partial charge in [-0.1, -0.05) is 0 Å². The normalized spacial score (nSPS) is 32.1. The molecule has 7 nitrogen and oxygen atoms in total. The first kappa shape index (κ1) is 19.0. The second kappa shape index (κ2) is 8.01. The summed E-state index contributed by atoms with van der Waals surface area (Å²) in [4.78, 5) is 40.8. The van der Waals surface area contributed by atoms with Gasteiger partial charge in [0.05, 0.1) is 11.8 Å². The molecule has 0 radical (unpaired) electrons. The lowest BCUT2D eigenvalue weighted by atomic mass is 9.59. The van der Waals surface area contributed by atoms with E-state index in [0.29, 0.717) is 18.4 Å². The van der Waals surface area contributed by atoms with Gasteiger partial charge < -0.3 is 4.90 Å². The lowest BCUT2D eigenvalue weighted by molar-refractivity contribution is -0.140. The molecular weight excluding hydrogens is 366 g/mol. The number of carbonyl (C=O) groups excluding carboxylic acids is 2. The van der Waals surface area contributed by atoms with Crippen molar-refractivity contribution in [1.82, 2.24) is 19.8 Å². The van der Waals surface area contributed by atoms with Crippen molar-refractivity contribution in [2.24, 2.45) is 23.7 Å². The van der Waals surface area contributed by atoms with Gasteiger partial charge in [-0.25, -0.2) is 9.97 Å². The van der Waals surface area contributed by atoms with Gasteiger partial charge in [-0.15, -0.1) is 0 Å². The maximum Gasteiger partial charge on any atom is 0.233 e. The van der Waals surface area contributed by atoms with Crippen molar-refractivity contribution in [2.45, 2.75) is 38.5 Å². The van der Waals surface area contributed by atoms with Gasteiger partial charge in [0.15, 0.2) is 0 Å². The average Bonchev–Trinajstić information content (AvgIpc) is 3.05. The van der Waals surface area contributed by atoms with E-state index in [2.05, 4.69) is 19.8 Å². The van der Waals surface area contributed by atoms with Crippen LogP contribution in [0.2, 0.25) is 0 Å². The summed E-state index contributed by atoms with van der Waals surface area (Å²) in [5, 5.41) is 0. The average molecular weight is 398 g/mol. The summed E-state index contributed by atoms with van der Waals surface area (Å²) < 4.78 is 0. The molecule has 3 heterocycles. The fourth-order valence-electron chi connectivity index (χ4n) is 6.08. The number of likely N-dealkylation sites (tertiary alicyclic amines) is 1. The molecule has 6 rings (SSSR count). The highest BCUT2D eigenvalue weighted by Crippen LogP contribution is 2.52. The third-order valence-corrected chi connectivity index (χ3v) is 7.63. The Bertz CT molecular complexity index is 711. The molecular formula is C22H31N5O2. The van der Waals surface area contributed by atoms with Crippen LogP contribution in [0.1, 0.15) is 38.5 Å². The molecule has 7 heteroatoms. The molecule has 2 amide bonds. The van der Waals surface area contributed by atoms with Crippen LogP contribution in [0.3, 0.4) is 0 Å². The zero-order valence-electron chi connectivity index (χ0n) is 17.1. The molecule has 2 unspecified atom stereocenters. The predicted molar refractivity (Wildman–Crippen MR) is 109 cm³/mol. The van der Waals surface area contributed by atoms with Crippen molar-refractivity contribution in [3.05, 3.63) is 18.5 Å². The maximum absolute atomic E-state index is 12.9. The Morgan fingerprint density at radius 2 is 1.34 bits per heavy atom. The van der Waals surface area contributed by atoms with E-state index >= 15 is 0 Å². The van der Waals surface area contributed by atoms with Gasteiger partial charge in [-0.2, -0.15) is 0 Å². The molecule has 3 aliphatic carbocycles. The molecule has 5 aliphatic rings. The SMILES string of the molecule is O=C1C2C3CCC(CC3)C2C(=O)N1CCCCN1CCN(c2ncccn2)CC1. The Balaban J connectivity index is 1.06. The standard InChI is InChI=1S/C22H31N5O2/c28-20-18-16-4-5-17(7-6-16)19(18)21(29)27(20)11-2-1-10-25-12-14-26(15-13-25)22-23-8-3-9-24-22/h3,8-9,16-19H,1-2,4-7,10-15H2. The van der Waals surface area contributed by atoms with Crippen molar-refractivity contribution < 1.29 is 9.59 Å². The molecule has 3 saturated carbocycles. The molecule has 2 saturated heterocycles. The number of hydrogen-bond acceptors (Lipinski definition) is 6. The minimum Gasteiger partial charge on any atom is -0.338 e. The van der Waals surface area contributed by atoms with Crippen LogP contribution in [0.25, 0.3) is 0 Å². The van der Waals surface area contributed by atoms with E-state index in [1.807, 2.05) is 6.07 Å². The molecule has 0 N–H and O–H groups in total. The van der Waals surface area contributed by atoms with E-state index < -0.39 is 0 Å². The monoisotopic (exact) mass is 397 g/mol. The van der Waals surface area contributed by atoms with Gasteiger partial charge in [0.25, 0.3) is 0 Å². The van der Waals surface area contributed by atoms with Gasteiger partial charge in [0.2, 0.25) is 17.8 Å².